The summed E-state index contributed by atoms with van der Waals surface area (Å²) in [6.45, 7) is 13.5. The summed E-state index contributed by atoms with van der Waals surface area (Å²) in [5.74, 6) is 0. The number of benzene rings is 1. The van der Waals surface area contributed by atoms with Crippen molar-refractivity contribution in [2.45, 2.75) is 91.5 Å². The molecule has 170 valence electrons. The van der Waals surface area contributed by atoms with E-state index in [4.69, 9.17) is 0 Å². The highest BCUT2D eigenvalue weighted by atomic mass is 19.5. The third kappa shape index (κ3) is 13.0. The Balaban J connectivity index is 0.00000139. The van der Waals surface area contributed by atoms with Gasteiger partial charge in [0.25, 0.3) is 0 Å². The molecule has 0 spiro atoms. The highest BCUT2D eigenvalue weighted by molar-refractivity contribution is 6.50. The molecular weight excluding hydrogens is 377 g/mol. The molecule has 0 N–H and O–H groups in total. The van der Waals surface area contributed by atoms with E-state index in [0.717, 1.165) is 0 Å². The lowest BCUT2D eigenvalue weighted by Crippen LogP contribution is -2.52. The standard InChI is InChI=1S/C23H42N.BF4/c1-5-9-18-23(22-16-14-13-15-17-22)24(19-10-6-2,20-11-7-3)21-12-8-4;2-1(3,4)5/h13-17,23H,5-12,18-21H2,1-4H3;/q+1;-1. The Morgan fingerprint density at radius 3 is 1.41 bits per heavy atom. The van der Waals surface area contributed by atoms with Crippen LogP contribution in [0.2, 0.25) is 0 Å². The van der Waals surface area contributed by atoms with Crippen molar-refractivity contribution in [2.24, 2.45) is 0 Å². The number of rotatable bonds is 14. The third-order valence-corrected chi connectivity index (χ3v) is 5.55. The lowest BCUT2D eigenvalue weighted by Gasteiger charge is -2.46. The van der Waals surface area contributed by atoms with Crippen molar-refractivity contribution in [3.63, 3.8) is 0 Å². The lowest BCUT2D eigenvalue weighted by molar-refractivity contribution is -0.958. The number of halogens is 4. The van der Waals surface area contributed by atoms with Crippen LogP contribution in [0.15, 0.2) is 30.3 Å². The Morgan fingerprint density at radius 1 is 0.690 bits per heavy atom. The number of hydrogen-bond acceptors (Lipinski definition) is 0. The van der Waals surface area contributed by atoms with Crippen LogP contribution in [0.4, 0.5) is 17.3 Å². The van der Waals surface area contributed by atoms with E-state index < -0.39 is 7.25 Å². The molecule has 1 aromatic carbocycles. The first-order chi connectivity index (χ1) is 13.7. The Hall–Kier alpha value is -1.04. The van der Waals surface area contributed by atoms with Crippen molar-refractivity contribution < 1.29 is 21.7 Å². The molecule has 0 fully saturated rings. The first-order valence-electron chi connectivity index (χ1n) is 11.5. The molecule has 1 aromatic rings. The zero-order valence-corrected chi connectivity index (χ0v) is 19.0. The van der Waals surface area contributed by atoms with Gasteiger partial charge in [-0.15, -0.1) is 0 Å². The Bertz CT molecular complexity index is 466. The minimum atomic E-state index is -6.00. The van der Waals surface area contributed by atoms with Crippen molar-refractivity contribution in [2.75, 3.05) is 19.6 Å². The van der Waals surface area contributed by atoms with Crippen LogP contribution in [0.3, 0.4) is 0 Å². The molecule has 29 heavy (non-hydrogen) atoms. The van der Waals surface area contributed by atoms with Crippen LogP contribution in [0.1, 0.15) is 97.1 Å². The number of hydrogen-bond donors (Lipinski definition) is 0. The van der Waals surface area contributed by atoms with Gasteiger partial charge in [-0.2, -0.15) is 0 Å². The highest BCUT2D eigenvalue weighted by Crippen LogP contribution is 2.35. The number of quaternary nitrogens is 1. The minimum absolute atomic E-state index is 0.691. The van der Waals surface area contributed by atoms with Crippen molar-refractivity contribution >= 4 is 7.25 Å². The highest BCUT2D eigenvalue weighted by Gasteiger charge is 2.36. The molecule has 0 radical (unpaired) electrons. The second-order valence-corrected chi connectivity index (χ2v) is 8.01. The van der Waals surface area contributed by atoms with E-state index in [0.29, 0.717) is 6.04 Å². The SMILES string of the molecule is CCCCC(c1ccccc1)[N+](CCCC)(CCCC)CCCC.F[B-](F)(F)F. The minimum Gasteiger partial charge on any atom is -0.418 e. The van der Waals surface area contributed by atoms with E-state index in [2.05, 4.69) is 58.0 Å². The van der Waals surface area contributed by atoms with E-state index in [1.807, 2.05) is 0 Å². The fraction of sp³-hybridized carbons (Fsp3) is 0.739. The zero-order valence-electron chi connectivity index (χ0n) is 19.0. The summed E-state index contributed by atoms with van der Waals surface area (Å²) in [5.41, 5.74) is 1.58. The summed E-state index contributed by atoms with van der Waals surface area (Å²) in [4.78, 5) is 0. The molecule has 0 heterocycles. The maximum Gasteiger partial charge on any atom is 0.673 e. The van der Waals surface area contributed by atoms with Crippen molar-refractivity contribution in [1.82, 2.24) is 0 Å². The molecule has 1 nitrogen and oxygen atoms in total. The Morgan fingerprint density at radius 2 is 1.07 bits per heavy atom. The van der Waals surface area contributed by atoms with Gasteiger partial charge in [-0.05, 0) is 25.7 Å². The van der Waals surface area contributed by atoms with Gasteiger partial charge in [0.1, 0.15) is 6.04 Å². The van der Waals surface area contributed by atoms with Gasteiger partial charge in [0, 0.05) is 12.0 Å². The van der Waals surface area contributed by atoms with Crippen LogP contribution in [-0.4, -0.2) is 31.4 Å². The molecular formula is C23H42BF4N. The molecule has 1 unspecified atom stereocenters. The molecule has 0 aliphatic rings. The first kappa shape index (κ1) is 28.0. The lowest BCUT2D eigenvalue weighted by atomic mass is 9.94. The largest absolute Gasteiger partial charge is 0.673 e. The summed E-state index contributed by atoms with van der Waals surface area (Å²) in [6, 6.07) is 12.1. The van der Waals surface area contributed by atoms with Crippen LogP contribution in [0.5, 0.6) is 0 Å². The summed E-state index contributed by atoms with van der Waals surface area (Å²) in [7, 11) is -6.00. The van der Waals surface area contributed by atoms with Gasteiger partial charge in [0.05, 0.1) is 19.6 Å². The molecule has 0 aromatic heterocycles. The summed E-state index contributed by atoms with van der Waals surface area (Å²) >= 11 is 0. The molecule has 0 aliphatic heterocycles. The van der Waals surface area contributed by atoms with Gasteiger partial charge in [-0.1, -0.05) is 83.7 Å². The second-order valence-electron chi connectivity index (χ2n) is 8.01. The number of nitrogens with zero attached hydrogens (tertiary/aromatic N) is 1. The molecule has 0 saturated carbocycles. The van der Waals surface area contributed by atoms with E-state index in [9.17, 15) is 17.3 Å². The maximum atomic E-state index is 9.75. The smallest absolute Gasteiger partial charge is 0.418 e. The van der Waals surface area contributed by atoms with Gasteiger partial charge in [-0.25, -0.2) is 0 Å². The topological polar surface area (TPSA) is 0 Å². The van der Waals surface area contributed by atoms with Gasteiger partial charge >= 0.3 is 7.25 Å². The predicted octanol–water partition coefficient (Wildman–Crippen LogP) is 8.44. The van der Waals surface area contributed by atoms with Gasteiger partial charge < -0.3 is 21.7 Å². The third-order valence-electron chi connectivity index (χ3n) is 5.55. The van der Waals surface area contributed by atoms with E-state index in [1.54, 1.807) is 5.56 Å². The van der Waals surface area contributed by atoms with E-state index in [1.165, 1.54) is 81.9 Å². The molecule has 0 aliphatic carbocycles. The van der Waals surface area contributed by atoms with Gasteiger partial charge in [0.2, 0.25) is 0 Å². The molecule has 1 rings (SSSR count). The van der Waals surface area contributed by atoms with Gasteiger partial charge in [-0.3, -0.25) is 0 Å². The summed E-state index contributed by atoms with van der Waals surface area (Å²) in [5, 5.41) is 0. The average Bonchev–Trinajstić information content (AvgIpc) is 2.68. The monoisotopic (exact) mass is 419 g/mol. The fourth-order valence-corrected chi connectivity index (χ4v) is 4.05. The summed E-state index contributed by atoms with van der Waals surface area (Å²) < 4.78 is 40.3. The molecule has 6 heteroatoms. The second kappa shape index (κ2) is 15.8. The normalized spacial score (nSPS) is 13.0. The van der Waals surface area contributed by atoms with Crippen LogP contribution >= 0.6 is 0 Å². The van der Waals surface area contributed by atoms with Crippen LogP contribution in [0, 0.1) is 0 Å². The van der Waals surface area contributed by atoms with E-state index >= 15 is 0 Å². The predicted molar refractivity (Wildman–Crippen MR) is 118 cm³/mol. The average molecular weight is 419 g/mol. The van der Waals surface area contributed by atoms with Gasteiger partial charge in [0.15, 0.2) is 0 Å². The van der Waals surface area contributed by atoms with E-state index in [-0.39, 0.29) is 0 Å². The quantitative estimate of drug-likeness (QED) is 0.161. The van der Waals surface area contributed by atoms with Crippen molar-refractivity contribution in [1.29, 1.82) is 0 Å². The summed E-state index contributed by atoms with van der Waals surface area (Å²) in [6.07, 6.45) is 12.0. The zero-order chi connectivity index (χ0) is 22.2. The van der Waals surface area contributed by atoms with Crippen molar-refractivity contribution in [3.8, 4) is 0 Å². The van der Waals surface area contributed by atoms with Crippen LogP contribution in [0.25, 0.3) is 0 Å². The Kier molecular flexibility index (Phi) is 15.2. The maximum absolute atomic E-state index is 9.75. The first-order valence-corrected chi connectivity index (χ1v) is 11.5. The molecule has 0 bridgehead atoms. The van der Waals surface area contributed by atoms with Crippen LogP contribution in [-0.2, 0) is 0 Å². The molecule has 1 atom stereocenters. The Labute approximate surface area is 176 Å². The number of unbranched alkanes of at least 4 members (excludes halogenated alkanes) is 4. The van der Waals surface area contributed by atoms with Crippen molar-refractivity contribution in [3.05, 3.63) is 35.9 Å². The molecule has 0 amide bonds. The fourth-order valence-electron chi connectivity index (χ4n) is 4.05. The van der Waals surface area contributed by atoms with Crippen LogP contribution < -0.4 is 0 Å². The molecule has 0 saturated heterocycles.